The van der Waals surface area contributed by atoms with Crippen LogP contribution < -0.4 is 10.1 Å². The van der Waals surface area contributed by atoms with Gasteiger partial charge < -0.3 is 15.0 Å². The predicted molar refractivity (Wildman–Crippen MR) is 90.5 cm³/mol. The zero-order valence-corrected chi connectivity index (χ0v) is 14.1. The Labute approximate surface area is 138 Å². The monoisotopic (exact) mass is 317 g/mol. The number of amides is 1. The maximum absolute atomic E-state index is 12.8. The number of ether oxygens (including phenoxy) is 1. The van der Waals surface area contributed by atoms with E-state index in [0.29, 0.717) is 25.2 Å². The first-order chi connectivity index (χ1) is 11.2. The smallest absolute Gasteiger partial charge is 0.237 e. The average Bonchev–Trinajstić information content (AvgIpc) is 3.40. The molecule has 1 saturated carbocycles. The van der Waals surface area contributed by atoms with Crippen LogP contribution in [0.3, 0.4) is 0 Å². The van der Waals surface area contributed by atoms with Gasteiger partial charge in [-0.3, -0.25) is 9.69 Å². The molecule has 1 atom stereocenters. The quantitative estimate of drug-likeness (QED) is 0.863. The Kier molecular flexibility index (Phi) is 5.18. The van der Waals surface area contributed by atoms with Crippen LogP contribution in [0.4, 0.5) is 0 Å². The first-order valence-corrected chi connectivity index (χ1v) is 8.54. The molecule has 1 aliphatic carbocycles. The van der Waals surface area contributed by atoms with Crippen molar-refractivity contribution in [1.82, 2.24) is 15.1 Å². The molecular formula is C18H27N3O2. The fourth-order valence-corrected chi connectivity index (χ4v) is 3.12. The van der Waals surface area contributed by atoms with Crippen molar-refractivity contribution in [3.63, 3.8) is 0 Å². The maximum Gasteiger partial charge on any atom is 0.237 e. The summed E-state index contributed by atoms with van der Waals surface area (Å²) in [6.07, 6.45) is 2.28. The van der Waals surface area contributed by atoms with Gasteiger partial charge in [0.1, 0.15) is 5.75 Å². The molecule has 0 unspecified atom stereocenters. The van der Waals surface area contributed by atoms with E-state index in [-0.39, 0.29) is 5.91 Å². The maximum atomic E-state index is 12.8. The number of hydrogen-bond donors (Lipinski definition) is 1. The zero-order valence-electron chi connectivity index (χ0n) is 14.1. The molecule has 3 rings (SSSR count). The summed E-state index contributed by atoms with van der Waals surface area (Å²) in [6, 6.07) is 8.88. The third-order valence-corrected chi connectivity index (χ3v) is 4.80. The summed E-state index contributed by atoms with van der Waals surface area (Å²) in [5.74, 6) is 1.12. The Hall–Kier alpha value is -1.59. The first-order valence-electron chi connectivity index (χ1n) is 8.54. The lowest BCUT2D eigenvalue weighted by molar-refractivity contribution is -0.134. The normalized spacial score (nSPS) is 21.9. The Bertz CT molecular complexity index is 528. The van der Waals surface area contributed by atoms with Crippen LogP contribution in [0, 0.1) is 0 Å². The molecule has 1 aromatic carbocycles. The van der Waals surface area contributed by atoms with Gasteiger partial charge in [-0.15, -0.1) is 0 Å². The standard InChI is InChI=1S/C18H27N3O2/c1-14-11-19-9-10-20(14)13-18(22)21(16-5-6-16)12-15-3-7-17(23-2)8-4-15/h3-4,7-8,14,16,19H,5-6,9-13H2,1-2H3/t14-/m1/s1. The fourth-order valence-electron chi connectivity index (χ4n) is 3.12. The minimum atomic E-state index is 0.261. The molecule has 1 amide bonds. The molecular weight excluding hydrogens is 290 g/mol. The van der Waals surface area contributed by atoms with Gasteiger partial charge >= 0.3 is 0 Å². The number of piperazine rings is 1. The van der Waals surface area contributed by atoms with E-state index in [1.165, 1.54) is 5.56 Å². The minimum Gasteiger partial charge on any atom is -0.497 e. The highest BCUT2D eigenvalue weighted by Gasteiger charge is 2.33. The van der Waals surface area contributed by atoms with E-state index in [2.05, 4.69) is 34.2 Å². The molecule has 1 aliphatic heterocycles. The van der Waals surface area contributed by atoms with Crippen molar-refractivity contribution in [3.05, 3.63) is 29.8 Å². The van der Waals surface area contributed by atoms with Crippen molar-refractivity contribution in [1.29, 1.82) is 0 Å². The third-order valence-electron chi connectivity index (χ3n) is 4.80. The number of methoxy groups -OCH3 is 1. The van der Waals surface area contributed by atoms with E-state index in [0.717, 1.165) is 38.2 Å². The molecule has 1 saturated heterocycles. The highest BCUT2D eigenvalue weighted by atomic mass is 16.5. The first kappa shape index (κ1) is 16.3. The number of nitrogens with zero attached hydrogens (tertiary/aromatic N) is 2. The van der Waals surface area contributed by atoms with Crippen molar-refractivity contribution in [2.45, 2.75) is 38.4 Å². The van der Waals surface area contributed by atoms with Crippen molar-refractivity contribution >= 4 is 5.91 Å². The van der Waals surface area contributed by atoms with E-state index in [4.69, 9.17) is 4.74 Å². The van der Waals surface area contributed by atoms with E-state index in [9.17, 15) is 4.79 Å². The van der Waals surface area contributed by atoms with Gasteiger partial charge in [-0.25, -0.2) is 0 Å². The second-order valence-corrected chi connectivity index (χ2v) is 6.62. The van der Waals surface area contributed by atoms with E-state index < -0.39 is 0 Å². The Morgan fingerprint density at radius 2 is 2.09 bits per heavy atom. The Morgan fingerprint density at radius 3 is 2.70 bits per heavy atom. The number of rotatable bonds is 6. The minimum absolute atomic E-state index is 0.261. The molecule has 1 aromatic rings. The molecule has 23 heavy (non-hydrogen) atoms. The fraction of sp³-hybridized carbons (Fsp3) is 0.611. The topological polar surface area (TPSA) is 44.8 Å². The summed E-state index contributed by atoms with van der Waals surface area (Å²) in [4.78, 5) is 17.2. The lowest BCUT2D eigenvalue weighted by atomic mass is 10.2. The van der Waals surface area contributed by atoms with Crippen LogP contribution in [0.2, 0.25) is 0 Å². The number of carbonyl (C=O) groups excluding carboxylic acids is 1. The lowest BCUT2D eigenvalue weighted by Gasteiger charge is -2.35. The zero-order chi connectivity index (χ0) is 16.2. The van der Waals surface area contributed by atoms with Crippen molar-refractivity contribution in [2.75, 3.05) is 33.3 Å². The molecule has 2 aliphatic rings. The van der Waals surface area contributed by atoms with Crippen LogP contribution in [-0.2, 0) is 11.3 Å². The van der Waals surface area contributed by atoms with Crippen LogP contribution in [0.1, 0.15) is 25.3 Å². The van der Waals surface area contributed by atoms with Gasteiger partial charge in [0.05, 0.1) is 13.7 Å². The van der Waals surface area contributed by atoms with Gasteiger partial charge in [-0.05, 0) is 37.5 Å². The molecule has 0 aromatic heterocycles. The summed E-state index contributed by atoms with van der Waals surface area (Å²) in [7, 11) is 1.67. The summed E-state index contributed by atoms with van der Waals surface area (Å²) >= 11 is 0. The van der Waals surface area contributed by atoms with E-state index in [1.807, 2.05) is 12.1 Å². The molecule has 2 fully saturated rings. The van der Waals surface area contributed by atoms with Gasteiger partial charge in [0.15, 0.2) is 0 Å². The van der Waals surface area contributed by atoms with Gasteiger partial charge in [0.2, 0.25) is 5.91 Å². The second-order valence-electron chi connectivity index (χ2n) is 6.62. The van der Waals surface area contributed by atoms with Crippen LogP contribution in [-0.4, -0.2) is 61.1 Å². The van der Waals surface area contributed by atoms with Crippen LogP contribution in [0.15, 0.2) is 24.3 Å². The Balaban J connectivity index is 1.62. The van der Waals surface area contributed by atoms with Gasteiger partial charge in [0.25, 0.3) is 0 Å². The van der Waals surface area contributed by atoms with Crippen LogP contribution in [0.25, 0.3) is 0 Å². The molecule has 1 heterocycles. The predicted octanol–water partition coefficient (Wildman–Crippen LogP) is 1.48. The molecule has 5 nitrogen and oxygen atoms in total. The number of nitrogens with one attached hydrogen (secondary N) is 1. The molecule has 126 valence electrons. The summed E-state index contributed by atoms with van der Waals surface area (Å²) in [5, 5.41) is 3.37. The van der Waals surface area contributed by atoms with Gasteiger partial charge in [-0.1, -0.05) is 12.1 Å². The average molecular weight is 317 g/mol. The largest absolute Gasteiger partial charge is 0.497 e. The van der Waals surface area contributed by atoms with Crippen molar-refractivity contribution in [2.24, 2.45) is 0 Å². The van der Waals surface area contributed by atoms with E-state index in [1.54, 1.807) is 7.11 Å². The highest BCUT2D eigenvalue weighted by molar-refractivity contribution is 5.79. The SMILES string of the molecule is COc1ccc(CN(C(=O)CN2CCNC[C@H]2C)C2CC2)cc1. The lowest BCUT2D eigenvalue weighted by Crippen LogP contribution is -2.53. The molecule has 1 N–H and O–H groups in total. The molecule has 0 radical (unpaired) electrons. The Morgan fingerprint density at radius 1 is 1.35 bits per heavy atom. The van der Waals surface area contributed by atoms with Crippen molar-refractivity contribution in [3.8, 4) is 5.75 Å². The molecule has 5 heteroatoms. The molecule has 0 spiro atoms. The highest BCUT2D eigenvalue weighted by Crippen LogP contribution is 2.29. The summed E-state index contributed by atoms with van der Waals surface area (Å²) < 4.78 is 5.20. The van der Waals surface area contributed by atoms with Gasteiger partial charge in [0, 0.05) is 38.3 Å². The summed E-state index contributed by atoms with van der Waals surface area (Å²) in [5.41, 5.74) is 1.17. The van der Waals surface area contributed by atoms with Crippen LogP contribution in [0.5, 0.6) is 5.75 Å². The summed E-state index contributed by atoms with van der Waals surface area (Å²) in [6.45, 7) is 6.32. The van der Waals surface area contributed by atoms with Crippen molar-refractivity contribution < 1.29 is 9.53 Å². The molecule has 0 bridgehead atoms. The number of benzene rings is 1. The number of hydrogen-bond acceptors (Lipinski definition) is 4. The van der Waals surface area contributed by atoms with Gasteiger partial charge in [-0.2, -0.15) is 0 Å². The second kappa shape index (κ2) is 7.32. The van der Waals surface area contributed by atoms with E-state index >= 15 is 0 Å². The van der Waals surface area contributed by atoms with Crippen LogP contribution >= 0.6 is 0 Å². The number of carbonyl (C=O) groups is 1. The third kappa shape index (κ3) is 4.24.